The van der Waals surface area contributed by atoms with Crippen LogP contribution in [0.3, 0.4) is 0 Å². The number of rotatable bonds is 2. The lowest BCUT2D eigenvalue weighted by Gasteiger charge is -2.37. The Hall–Kier alpha value is -2.16. The fraction of sp³-hybridized carbons (Fsp3) is 0.647. The molecule has 2 aliphatic heterocycles. The average molecular weight is 313 g/mol. The highest BCUT2D eigenvalue weighted by Gasteiger charge is 2.31. The van der Waals surface area contributed by atoms with E-state index in [1.165, 1.54) is 6.20 Å². The van der Waals surface area contributed by atoms with E-state index in [0.29, 0.717) is 17.4 Å². The second-order valence-electron chi connectivity index (χ2n) is 6.61. The summed E-state index contributed by atoms with van der Waals surface area (Å²) in [5.41, 5.74) is 0.363. The van der Waals surface area contributed by atoms with Gasteiger partial charge in [-0.05, 0) is 31.6 Å². The number of piperidine rings is 2. The summed E-state index contributed by atoms with van der Waals surface area (Å²) in [6, 6.07) is 2.09. The van der Waals surface area contributed by atoms with Gasteiger partial charge in [0.15, 0.2) is 11.5 Å². The van der Waals surface area contributed by atoms with Crippen molar-refractivity contribution in [2.75, 3.05) is 31.1 Å². The van der Waals surface area contributed by atoms with Gasteiger partial charge >= 0.3 is 0 Å². The van der Waals surface area contributed by atoms with Crippen LogP contribution >= 0.6 is 0 Å². The number of aromatic nitrogens is 2. The summed E-state index contributed by atoms with van der Waals surface area (Å²) < 4.78 is 0. The maximum absolute atomic E-state index is 12.7. The fourth-order valence-electron chi connectivity index (χ4n) is 3.47. The molecule has 2 saturated heterocycles. The molecule has 2 fully saturated rings. The second-order valence-corrected chi connectivity index (χ2v) is 6.61. The first-order valence-corrected chi connectivity index (χ1v) is 8.44. The van der Waals surface area contributed by atoms with E-state index >= 15 is 0 Å². The van der Waals surface area contributed by atoms with Gasteiger partial charge in [-0.3, -0.25) is 4.79 Å². The Bertz CT molecular complexity index is 595. The normalized spacial score (nSPS) is 20.3. The van der Waals surface area contributed by atoms with E-state index in [1.54, 1.807) is 6.20 Å². The van der Waals surface area contributed by atoms with Crippen LogP contribution < -0.4 is 4.90 Å². The summed E-state index contributed by atoms with van der Waals surface area (Å²) in [7, 11) is 0. The van der Waals surface area contributed by atoms with Crippen molar-refractivity contribution in [2.45, 2.75) is 32.6 Å². The van der Waals surface area contributed by atoms with Crippen LogP contribution in [0, 0.1) is 23.2 Å². The van der Waals surface area contributed by atoms with E-state index in [0.717, 1.165) is 57.8 Å². The van der Waals surface area contributed by atoms with Crippen molar-refractivity contribution in [1.29, 1.82) is 5.26 Å². The van der Waals surface area contributed by atoms with Gasteiger partial charge in [-0.2, -0.15) is 5.26 Å². The Morgan fingerprint density at radius 3 is 2.43 bits per heavy atom. The molecule has 0 bridgehead atoms. The molecule has 6 heteroatoms. The van der Waals surface area contributed by atoms with Crippen molar-refractivity contribution >= 4 is 11.7 Å². The Labute approximate surface area is 137 Å². The molecule has 1 amide bonds. The lowest BCUT2D eigenvalue weighted by Crippen LogP contribution is -2.45. The van der Waals surface area contributed by atoms with Crippen molar-refractivity contribution in [2.24, 2.45) is 11.8 Å². The zero-order valence-electron chi connectivity index (χ0n) is 13.6. The van der Waals surface area contributed by atoms with E-state index in [4.69, 9.17) is 5.26 Å². The lowest BCUT2D eigenvalue weighted by atomic mass is 9.92. The zero-order valence-corrected chi connectivity index (χ0v) is 13.6. The first kappa shape index (κ1) is 15.7. The highest BCUT2D eigenvalue weighted by Crippen LogP contribution is 2.26. The largest absolute Gasteiger partial charge is 0.354 e. The molecule has 0 N–H and O–H groups in total. The molecule has 0 spiro atoms. The van der Waals surface area contributed by atoms with Gasteiger partial charge in [0.2, 0.25) is 5.91 Å². The molecular formula is C17H23N5O. The van der Waals surface area contributed by atoms with E-state index < -0.39 is 0 Å². The van der Waals surface area contributed by atoms with Crippen LogP contribution in [0.1, 0.15) is 38.3 Å². The molecule has 23 heavy (non-hydrogen) atoms. The fourth-order valence-corrected chi connectivity index (χ4v) is 3.47. The zero-order chi connectivity index (χ0) is 16.2. The van der Waals surface area contributed by atoms with Crippen molar-refractivity contribution < 1.29 is 4.79 Å². The van der Waals surface area contributed by atoms with Gasteiger partial charge in [0.25, 0.3) is 0 Å². The van der Waals surface area contributed by atoms with Crippen molar-refractivity contribution in [1.82, 2.24) is 14.9 Å². The van der Waals surface area contributed by atoms with Crippen molar-refractivity contribution in [3.63, 3.8) is 0 Å². The van der Waals surface area contributed by atoms with Gasteiger partial charge in [0, 0.05) is 44.5 Å². The maximum atomic E-state index is 12.7. The Morgan fingerprint density at radius 2 is 1.78 bits per heavy atom. The number of hydrogen-bond acceptors (Lipinski definition) is 5. The number of likely N-dealkylation sites (tertiary alicyclic amines) is 1. The first-order chi connectivity index (χ1) is 11.2. The van der Waals surface area contributed by atoms with Crippen LogP contribution in [0.2, 0.25) is 0 Å². The van der Waals surface area contributed by atoms with Crippen LogP contribution in [-0.4, -0.2) is 47.0 Å². The van der Waals surface area contributed by atoms with Gasteiger partial charge in [0.1, 0.15) is 6.07 Å². The van der Waals surface area contributed by atoms with Gasteiger partial charge in [-0.1, -0.05) is 6.92 Å². The lowest BCUT2D eigenvalue weighted by molar-refractivity contribution is -0.137. The summed E-state index contributed by atoms with van der Waals surface area (Å²) in [5, 5.41) is 9.14. The molecular weight excluding hydrogens is 290 g/mol. The van der Waals surface area contributed by atoms with E-state index in [1.807, 2.05) is 4.90 Å². The highest BCUT2D eigenvalue weighted by molar-refractivity contribution is 5.79. The molecule has 0 radical (unpaired) electrons. The molecule has 3 heterocycles. The summed E-state index contributed by atoms with van der Waals surface area (Å²) >= 11 is 0. The molecule has 6 nitrogen and oxygen atoms in total. The summed E-state index contributed by atoms with van der Waals surface area (Å²) in [6.07, 6.45) is 7.04. The molecule has 0 atom stereocenters. The number of carbonyl (C=O) groups excluding carboxylic acids is 1. The predicted octanol–water partition coefficient (Wildman–Crippen LogP) is 1.82. The number of hydrogen-bond donors (Lipinski definition) is 0. The molecule has 3 rings (SSSR count). The number of amides is 1. The summed E-state index contributed by atoms with van der Waals surface area (Å²) in [5.74, 6) is 1.81. The molecule has 122 valence electrons. The average Bonchev–Trinajstić information content (AvgIpc) is 2.62. The van der Waals surface area contributed by atoms with Gasteiger partial charge in [-0.15, -0.1) is 0 Å². The Balaban J connectivity index is 1.58. The smallest absolute Gasteiger partial charge is 0.225 e. The van der Waals surface area contributed by atoms with E-state index in [9.17, 15) is 4.79 Å². The third-order valence-electron chi connectivity index (χ3n) is 5.02. The molecule has 0 aliphatic carbocycles. The minimum absolute atomic E-state index is 0.113. The van der Waals surface area contributed by atoms with Gasteiger partial charge in [-0.25, -0.2) is 9.97 Å². The molecule has 2 aliphatic rings. The Kier molecular flexibility index (Phi) is 4.75. The van der Waals surface area contributed by atoms with Crippen LogP contribution in [0.25, 0.3) is 0 Å². The molecule has 0 unspecified atom stereocenters. The highest BCUT2D eigenvalue weighted by atomic mass is 16.2. The van der Waals surface area contributed by atoms with Crippen LogP contribution in [-0.2, 0) is 4.79 Å². The van der Waals surface area contributed by atoms with Crippen molar-refractivity contribution in [3.05, 3.63) is 18.1 Å². The topological polar surface area (TPSA) is 73.1 Å². The van der Waals surface area contributed by atoms with Crippen LogP contribution in [0.15, 0.2) is 12.4 Å². The Morgan fingerprint density at radius 1 is 1.13 bits per heavy atom. The minimum atomic E-state index is 0.113. The van der Waals surface area contributed by atoms with Crippen LogP contribution in [0.4, 0.5) is 5.82 Å². The monoisotopic (exact) mass is 313 g/mol. The first-order valence-electron chi connectivity index (χ1n) is 8.44. The molecule has 0 saturated carbocycles. The molecule has 1 aromatic heterocycles. The van der Waals surface area contributed by atoms with Crippen molar-refractivity contribution in [3.8, 4) is 6.07 Å². The quantitative estimate of drug-likeness (QED) is 0.833. The summed E-state index contributed by atoms with van der Waals surface area (Å²) in [4.78, 5) is 25.1. The third-order valence-corrected chi connectivity index (χ3v) is 5.02. The standard InChI is InChI=1S/C17H23N5O/c1-13-2-8-22(9-3-13)17(23)14-4-10-21(11-5-14)16-15(12-18)19-6-7-20-16/h6-7,13-14H,2-5,8-11H2,1H3. The van der Waals surface area contributed by atoms with Gasteiger partial charge in [0.05, 0.1) is 0 Å². The number of carbonyl (C=O) groups is 1. The maximum Gasteiger partial charge on any atom is 0.225 e. The number of nitrogens with zero attached hydrogens (tertiary/aromatic N) is 5. The van der Waals surface area contributed by atoms with Gasteiger partial charge < -0.3 is 9.80 Å². The summed E-state index contributed by atoms with van der Waals surface area (Å²) in [6.45, 7) is 5.59. The predicted molar refractivity (Wildman–Crippen MR) is 86.7 cm³/mol. The third kappa shape index (κ3) is 3.44. The van der Waals surface area contributed by atoms with E-state index in [2.05, 4.69) is 27.9 Å². The molecule has 0 aromatic carbocycles. The second kappa shape index (κ2) is 6.95. The number of anilines is 1. The number of nitriles is 1. The SMILES string of the molecule is CC1CCN(C(=O)C2CCN(c3nccnc3C#N)CC2)CC1. The minimum Gasteiger partial charge on any atom is -0.354 e. The van der Waals surface area contributed by atoms with E-state index in [-0.39, 0.29) is 5.92 Å². The van der Waals surface area contributed by atoms with Crippen LogP contribution in [0.5, 0.6) is 0 Å². The molecule has 1 aromatic rings.